The predicted octanol–water partition coefficient (Wildman–Crippen LogP) is 3.89. The zero-order valence-corrected chi connectivity index (χ0v) is 12.1. The molecule has 0 aliphatic carbocycles. The van der Waals surface area contributed by atoms with Crippen LogP contribution >= 0.6 is 15.9 Å². The van der Waals surface area contributed by atoms with Gasteiger partial charge in [-0.2, -0.15) is 5.26 Å². The van der Waals surface area contributed by atoms with Crippen LogP contribution in [0.3, 0.4) is 0 Å². The fourth-order valence-electron chi connectivity index (χ4n) is 2.59. The Bertz CT molecular complexity index is 474. The van der Waals surface area contributed by atoms with Crippen molar-refractivity contribution in [1.82, 2.24) is 0 Å². The summed E-state index contributed by atoms with van der Waals surface area (Å²) in [5.41, 5.74) is 2.49. The molecule has 1 atom stereocenters. The molecule has 0 saturated carbocycles. The van der Waals surface area contributed by atoms with Gasteiger partial charge in [0.05, 0.1) is 17.7 Å². The average molecular weight is 293 g/mol. The van der Waals surface area contributed by atoms with Crippen LogP contribution in [-0.4, -0.2) is 12.1 Å². The topological polar surface area (TPSA) is 27.0 Å². The summed E-state index contributed by atoms with van der Waals surface area (Å²) in [7, 11) is 0. The molecule has 1 aliphatic heterocycles. The summed E-state index contributed by atoms with van der Waals surface area (Å²) < 4.78 is 1.11. The van der Waals surface area contributed by atoms with Crippen molar-refractivity contribution >= 4 is 21.6 Å². The van der Waals surface area contributed by atoms with Crippen LogP contribution in [0, 0.1) is 24.2 Å². The van der Waals surface area contributed by atoms with Crippen molar-refractivity contribution in [2.75, 3.05) is 11.4 Å². The molecule has 2 nitrogen and oxygen atoms in total. The lowest BCUT2D eigenvalue weighted by atomic mass is 9.97. The van der Waals surface area contributed by atoms with E-state index in [-0.39, 0.29) is 11.5 Å². The third-order valence-electron chi connectivity index (χ3n) is 3.46. The first-order chi connectivity index (χ1) is 7.94. The smallest absolute Gasteiger partial charge is 0.0675 e. The van der Waals surface area contributed by atoms with E-state index in [0.29, 0.717) is 0 Å². The number of anilines is 1. The van der Waals surface area contributed by atoms with E-state index in [0.717, 1.165) is 17.4 Å². The first-order valence-electron chi connectivity index (χ1n) is 5.87. The Balaban J connectivity index is 2.37. The standard InChI is InChI=1S/C14H17BrN2/c1-10-4-5-13(12(15)6-10)17-9-11(8-16)7-14(17,2)3/h4-6,11H,7,9H2,1-3H3. The van der Waals surface area contributed by atoms with Crippen molar-refractivity contribution in [1.29, 1.82) is 5.26 Å². The van der Waals surface area contributed by atoms with Crippen LogP contribution < -0.4 is 4.90 Å². The minimum Gasteiger partial charge on any atom is -0.364 e. The number of nitrogens with zero attached hydrogens (tertiary/aromatic N) is 2. The molecule has 1 saturated heterocycles. The molecule has 1 unspecified atom stereocenters. The highest BCUT2D eigenvalue weighted by Gasteiger charge is 2.39. The summed E-state index contributed by atoms with van der Waals surface area (Å²) in [6, 6.07) is 8.78. The number of aryl methyl sites for hydroxylation is 1. The molecule has 0 amide bonds. The number of hydrogen-bond donors (Lipinski definition) is 0. The van der Waals surface area contributed by atoms with Gasteiger partial charge in [0.15, 0.2) is 0 Å². The van der Waals surface area contributed by atoms with Crippen molar-refractivity contribution in [2.24, 2.45) is 5.92 Å². The highest BCUT2D eigenvalue weighted by atomic mass is 79.9. The lowest BCUT2D eigenvalue weighted by Crippen LogP contribution is -2.38. The fraction of sp³-hybridized carbons (Fsp3) is 0.500. The number of benzene rings is 1. The molecular weight excluding hydrogens is 276 g/mol. The van der Waals surface area contributed by atoms with E-state index in [1.807, 2.05) is 0 Å². The molecule has 1 aliphatic rings. The van der Waals surface area contributed by atoms with Crippen molar-refractivity contribution in [2.45, 2.75) is 32.7 Å². The maximum Gasteiger partial charge on any atom is 0.0675 e. The summed E-state index contributed by atoms with van der Waals surface area (Å²) in [5.74, 6) is 0.137. The van der Waals surface area contributed by atoms with E-state index >= 15 is 0 Å². The van der Waals surface area contributed by atoms with Crippen LogP contribution in [0.4, 0.5) is 5.69 Å². The molecule has 2 rings (SSSR count). The van der Waals surface area contributed by atoms with Gasteiger partial charge in [-0.1, -0.05) is 6.07 Å². The summed E-state index contributed by atoms with van der Waals surface area (Å²) in [6.07, 6.45) is 0.934. The van der Waals surface area contributed by atoms with Gasteiger partial charge in [0.1, 0.15) is 0 Å². The molecule has 3 heteroatoms. The minimum absolute atomic E-state index is 0.0537. The van der Waals surface area contributed by atoms with Crippen LogP contribution in [0.1, 0.15) is 25.8 Å². The highest BCUT2D eigenvalue weighted by Crippen LogP contribution is 2.39. The second-order valence-corrected chi connectivity index (χ2v) is 6.26. The van der Waals surface area contributed by atoms with E-state index < -0.39 is 0 Å². The van der Waals surface area contributed by atoms with Crippen molar-refractivity contribution in [3.05, 3.63) is 28.2 Å². The first kappa shape index (κ1) is 12.4. The SMILES string of the molecule is Cc1ccc(N2CC(C#N)CC2(C)C)c(Br)c1. The molecule has 90 valence electrons. The lowest BCUT2D eigenvalue weighted by molar-refractivity contribution is 0.502. The Kier molecular flexibility index (Phi) is 3.18. The lowest BCUT2D eigenvalue weighted by Gasteiger charge is -2.34. The van der Waals surface area contributed by atoms with E-state index in [2.05, 4.69) is 65.9 Å². The van der Waals surface area contributed by atoms with Gasteiger partial charge in [-0.05, 0) is 60.8 Å². The van der Waals surface area contributed by atoms with Crippen molar-refractivity contribution in [3.63, 3.8) is 0 Å². The Labute approximate surface area is 111 Å². The van der Waals surface area contributed by atoms with E-state index in [9.17, 15) is 0 Å². The Morgan fingerprint density at radius 1 is 1.47 bits per heavy atom. The summed E-state index contributed by atoms with van der Waals surface area (Å²) >= 11 is 3.63. The van der Waals surface area contributed by atoms with Crippen molar-refractivity contribution < 1.29 is 0 Å². The Hall–Kier alpha value is -1.01. The third kappa shape index (κ3) is 2.32. The molecule has 1 heterocycles. The molecule has 0 N–H and O–H groups in total. The third-order valence-corrected chi connectivity index (χ3v) is 4.09. The molecular formula is C14H17BrN2. The first-order valence-corrected chi connectivity index (χ1v) is 6.67. The number of hydrogen-bond acceptors (Lipinski definition) is 2. The summed E-state index contributed by atoms with van der Waals surface area (Å²) in [4.78, 5) is 2.34. The fourth-order valence-corrected chi connectivity index (χ4v) is 3.29. The molecule has 1 aromatic carbocycles. The molecule has 17 heavy (non-hydrogen) atoms. The van der Waals surface area contributed by atoms with Gasteiger partial charge in [0.2, 0.25) is 0 Å². The van der Waals surface area contributed by atoms with Gasteiger partial charge in [0, 0.05) is 16.6 Å². The molecule has 0 aromatic heterocycles. The molecule has 0 bridgehead atoms. The van der Waals surface area contributed by atoms with E-state index in [1.165, 1.54) is 11.3 Å². The molecule has 1 aromatic rings. The zero-order chi connectivity index (χ0) is 12.6. The van der Waals surface area contributed by atoms with Gasteiger partial charge in [0.25, 0.3) is 0 Å². The Morgan fingerprint density at radius 3 is 2.71 bits per heavy atom. The van der Waals surface area contributed by atoms with Gasteiger partial charge < -0.3 is 4.90 Å². The van der Waals surface area contributed by atoms with E-state index in [4.69, 9.17) is 5.26 Å². The number of rotatable bonds is 1. The normalized spacial score (nSPS) is 22.5. The van der Waals surface area contributed by atoms with Gasteiger partial charge >= 0.3 is 0 Å². The van der Waals surface area contributed by atoms with E-state index in [1.54, 1.807) is 0 Å². The van der Waals surface area contributed by atoms with Crippen LogP contribution in [-0.2, 0) is 0 Å². The largest absolute Gasteiger partial charge is 0.364 e. The Morgan fingerprint density at radius 2 is 2.18 bits per heavy atom. The second kappa shape index (κ2) is 4.34. The van der Waals surface area contributed by atoms with Gasteiger partial charge in [-0.25, -0.2) is 0 Å². The quantitative estimate of drug-likeness (QED) is 0.785. The second-order valence-electron chi connectivity index (χ2n) is 5.41. The van der Waals surface area contributed by atoms with Crippen LogP contribution in [0.15, 0.2) is 22.7 Å². The maximum absolute atomic E-state index is 9.09. The van der Waals surface area contributed by atoms with Crippen LogP contribution in [0.25, 0.3) is 0 Å². The van der Waals surface area contributed by atoms with Gasteiger partial charge in [-0.15, -0.1) is 0 Å². The summed E-state index contributed by atoms with van der Waals surface area (Å²) in [5, 5.41) is 9.09. The minimum atomic E-state index is 0.0537. The van der Waals surface area contributed by atoms with Crippen molar-refractivity contribution in [3.8, 4) is 6.07 Å². The monoisotopic (exact) mass is 292 g/mol. The average Bonchev–Trinajstić information content (AvgIpc) is 2.54. The molecule has 0 spiro atoms. The maximum atomic E-state index is 9.09. The number of halogens is 1. The van der Waals surface area contributed by atoms with Crippen LogP contribution in [0.2, 0.25) is 0 Å². The zero-order valence-electron chi connectivity index (χ0n) is 10.5. The van der Waals surface area contributed by atoms with Gasteiger partial charge in [-0.3, -0.25) is 0 Å². The molecule has 1 fully saturated rings. The summed E-state index contributed by atoms with van der Waals surface area (Å²) in [6.45, 7) is 7.32. The molecule has 0 radical (unpaired) electrons. The highest BCUT2D eigenvalue weighted by molar-refractivity contribution is 9.10. The predicted molar refractivity (Wildman–Crippen MR) is 74.0 cm³/mol. The van der Waals surface area contributed by atoms with Crippen LogP contribution in [0.5, 0.6) is 0 Å². The number of nitriles is 1.